The van der Waals surface area contributed by atoms with Crippen LogP contribution in [0.1, 0.15) is 16.8 Å². The Morgan fingerprint density at radius 3 is 2.72 bits per heavy atom. The summed E-state index contributed by atoms with van der Waals surface area (Å²) in [4.78, 5) is 14.7. The highest BCUT2D eigenvalue weighted by atomic mass is 19.4. The molecule has 0 bridgehead atoms. The zero-order valence-corrected chi connectivity index (χ0v) is 13.2. The van der Waals surface area contributed by atoms with Crippen LogP contribution < -0.4 is 0 Å². The Morgan fingerprint density at radius 2 is 2.08 bits per heavy atom. The molecule has 3 rings (SSSR count). The third kappa shape index (κ3) is 3.00. The van der Waals surface area contributed by atoms with E-state index >= 15 is 0 Å². The van der Waals surface area contributed by atoms with Gasteiger partial charge in [-0.1, -0.05) is 0 Å². The minimum atomic E-state index is -4.47. The Balaban J connectivity index is 2.19. The first kappa shape index (κ1) is 16.7. The Labute approximate surface area is 139 Å². The van der Waals surface area contributed by atoms with Crippen molar-refractivity contribution in [3.8, 4) is 5.82 Å². The van der Waals surface area contributed by atoms with E-state index in [4.69, 9.17) is 5.11 Å². The average molecular weight is 350 g/mol. The summed E-state index contributed by atoms with van der Waals surface area (Å²) in [5, 5.41) is 13.4. The molecule has 3 aromatic heterocycles. The van der Waals surface area contributed by atoms with E-state index < -0.39 is 17.7 Å². The lowest BCUT2D eigenvalue weighted by Gasteiger charge is -2.09. The number of aromatic nitrogens is 4. The predicted octanol–water partition coefficient (Wildman–Crippen LogP) is 3.18. The fraction of sp³-hybridized carbons (Fsp3) is 0.188. The fourth-order valence-electron chi connectivity index (χ4n) is 2.65. The van der Waals surface area contributed by atoms with Crippen molar-refractivity contribution >= 4 is 23.1 Å². The second-order valence-corrected chi connectivity index (χ2v) is 5.44. The van der Waals surface area contributed by atoms with Crippen molar-refractivity contribution in [3.05, 3.63) is 47.4 Å². The first-order valence-corrected chi connectivity index (χ1v) is 7.18. The minimum Gasteiger partial charge on any atom is -0.478 e. The molecule has 130 valence electrons. The van der Waals surface area contributed by atoms with Gasteiger partial charge in [0.2, 0.25) is 0 Å². The molecule has 3 heterocycles. The molecule has 0 atom stereocenters. The molecule has 0 aliphatic heterocycles. The number of hydrogen-bond donors (Lipinski definition) is 1. The molecule has 1 N–H and O–H groups in total. The second kappa shape index (κ2) is 5.76. The van der Waals surface area contributed by atoms with Crippen LogP contribution in [0.25, 0.3) is 22.9 Å². The Kier molecular flexibility index (Phi) is 3.86. The topological polar surface area (TPSA) is 72.9 Å². The summed E-state index contributed by atoms with van der Waals surface area (Å²) in [6.45, 7) is 1.71. The molecule has 3 aromatic rings. The van der Waals surface area contributed by atoms with Crippen molar-refractivity contribution in [2.75, 3.05) is 0 Å². The molecule has 0 saturated carbocycles. The summed E-state index contributed by atoms with van der Waals surface area (Å²) in [6.07, 6.45) is 0.257. The molecule has 0 aromatic carbocycles. The molecule has 25 heavy (non-hydrogen) atoms. The van der Waals surface area contributed by atoms with E-state index in [2.05, 4.69) is 10.1 Å². The van der Waals surface area contributed by atoms with E-state index in [0.29, 0.717) is 28.1 Å². The van der Waals surface area contributed by atoms with Gasteiger partial charge in [0.05, 0.1) is 11.3 Å². The molecule has 9 heteroatoms. The molecule has 0 aliphatic carbocycles. The summed E-state index contributed by atoms with van der Waals surface area (Å²) in [6, 6.07) is 2.54. The van der Waals surface area contributed by atoms with Crippen LogP contribution in [0.5, 0.6) is 0 Å². The highest BCUT2D eigenvalue weighted by molar-refractivity contribution is 5.87. The quantitative estimate of drug-likeness (QED) is 0.737. The van der Waals surface area contributed by atoms with Gasteiger partial charge in [0.15, 0.2) is 0 Å². The third-order valence-corrected chi connectivity index (χ3v) is 3.71. The van der Waals surface area contributed by atoms with Gasteiger partial charge in [-0.2, -0.15) is 18.3 Å². The van der Waals surface area contributed by atoms with Crippen molar-refractivity contribution in [3.63, 3.8) is 0 Å². The molecule has 0 radical (unpaired) electrons. The normalized spacial score (nSPS) is 12.4. The largest absolute Gasteiger partial charge is 0.478 e. The van der Waals surface area contributed by atoms with E-state index in [1.54, 1.807) is 24.7 Å². The standard InChI is InChI=1S/C16H13F3N4O2/c1-9-12(3-4-13(24)25)15(22(2)21-9)23-6-5-10-7-11(16(17,18)19)8-20-14(10)23/h3-8H,1-2H3,(H,24,25)/b4-3+. The van der Waals surface area contributed by atoms with Crippen molar-refractivity contribution in [2.24, 2.45) is 7.05 Å². The van der Waals surface area contributed by atoms with Gasteiger partial charge < -0.3 is 5.11 Å². The second-order valence-electron chi connectivity index (χ2n) is 5.44. The van der Waals surface area contributed by atoms with Crippen molar-refractivity contribution in [2.45, 2.75) is 13.1 Å². The van der Waals surface area contributed by atoms with Gasteiger partial charge in [0.25, 0.3) is 0 Å². The number of hydrogen-bond acceptors (Lipinski definition) is 3. The molecule has 0 amide bonds. The van der Waals surface area contributed by atoms with E-state index in [1.165, 1.54) is 16.8 Å². The number of alkyl halides is 3. The summed E-state index contributed by atoms with van der Waals surface area (Å²) < 4.78 is 41.6. The van der Waals surface area contributed by atoms with Gasteiger partial charge in [-0.05, 0) is 25.1 Å². The van der Waals surface area contributed by atoms with Crippen molar-refractivity contribution in [1.82, 2.24) is 19.3 Å². The monoisotopic (exact) mass is 350 g/mol. The van der Waals surface area contributed by atoms with Crippen LogP contribution in [0.15, 0.2) is 30.6 Å². The number of fused-ring (bicyclic) bond motifs is 1. The molecule has 0 spiro atoms. The zero-order chi connectivity index (χ0) is 18.4. The highest BCUT2D eigenvalue weighted by Crippen LogP contribution is 2.31. The smallest absolute Gasteiger partial charge is 0.417 e. The van der Waals surface area contributed by atoms with Gasteiger partial charge in [-0.3, -0.25) is 9.25 Å². The summed E-state index contributed by atoms with van der Waals surface area (Å²) in [5.41, 5.74) is 0.624. The van der Waals surface area contributed by atoms with Crippen LogP contribution >= 0.6 is 0 Å². The maximum atomic E-state index is 12.8. The number of rotatable bonds is 3. The first-order valence-electron chi connectivity index (χ1n) is 7.18. The molecular formula is C16H13F3N4O2. The van der Waals surface area contributed by atoms with Gasteiger partial charge in [0.1, 0.15) is 11.5 Å². The summed E-state index contributed by atoms with van der Waals surface area (Å²) >= 11 is 0. The highest BCUT2D eigenvalue weighted by Gasteiger charge is 2.31. The number of carboxylic acids is 1. The lowest BCUT2D eigenvalue weighted by Crippen LogP contribution is -2.07. The van der Waals surface area contributed by atoms with E-state index in [0.717, 1.165) is 18.3 Å². The third-order valence-electron chi connectivity index (χ3n) is 3.71. The number of nitrogens with zero attached hydrogens (tertiary/aromatic N) is 4. The zero-order valence-electron chi connectivity index (χ0n) is 13.2. The molecule has 0 fully saturated rings. The predicted molar refractivity (Wildman–Crippen MR) is 84.2 cm³/mol. The van der Waals surface area contributed by atoms with Crippen LogP contribution in [-0.4, -0.2) is 30.4 Å². The van der Waals surface area contributed by atoms with E-state index in [-0.39, 0.29) is 0 Å². The summed E-state index contributed by atoms with van der Waals surface area (Å²) in [7, 11) is 1.66. The molecule has 0 aliphatic rings. The molecule has 6 nitrogen and oxygen atoms in total. The van der Waals surface area contributed by atoms with Crippen molar-refractivity contribution < 1.29 is 23.1 Å². The maximum Gasteiger partial charge on any atom is 0.417 e. The maximum absolute atomic E-state index is 12.8. The van der Waals surface area contributed by atoms with Gasteiger partial charge in [-0.15, -0.1) is 0 Å². The first-order chi connectivity index (χ1) is 11.7. The van der Waals surface area contributed by atoms with Crippen LogP contribution in [0, 0.1) is 6.92 Å². The number of aryl methyl sites for hydroxylation is 2. The fourth-order valence-corrected chi connectivity index (χ4v) is 2.65. The van der Waals surface area contributed by atoms with Crippen LogP contribution in [-0.2, 0) is 18.0 Å². The van der Waals surface area contributed by atoms with Crippen LogP contribution in [0.2, 0.25) is 0 Å². The number of carboxylic acid groups (broad SMARTS) is 1. The van der Waals surface area contributed by atoms with Crippen molar-refractivity contribution in [1.29, 1.82) is 0 Å². The average Bonchev–Trinajstić information content (AvgIpc) is 3.03. The van der Waals surface area contributed by atoms with Gasteiger partial charge in [-0.25, -0.2) is 9.78 Å². The molecule has 0 unspecified atom stereocenters. The summed E-state index contributed by atoms with van der Waals surface area (Å²) in [5.74, 6) is -0.600. The van der Waals surface area contributed by atoms with Gasteiger partial charge in [0, 0.05) is 36.5 Å². The lowest BCUT2D eigenvalue weighted by molar-refractivity contribution is -0.137. The number of aliphatic carboxylic acids is 1. The molecular weight excluding hydrogens is 337 g/mol. The lowest BCUT2D eigenvalue weighted by atomic mass is 10.2. The van der Waals surface area contributed by atoms with Gasteiger partial charge >= 0.3 is 12.1 Å². The number of carbonyl (C=O) groups is 1. The van der Waals surface area contributed by atoms with E-state index in [9.17, 15) is 18.0 Å². The Hall–Kier alpha value is -3.10. The Morgan fingerprint density at radius 1 is 1.36 bits per heavy atom. The Bertz CT molecular complexity index is 999. The number of pyridine rings is 1. The molecule has 0 saturated heterocycles. The van der Waals surface area contributed by atoms with Crippen LogP contribution in [0.3, 0.4) is 0 Å². The van der Waals surface area contributed by atoms with Crippen LogP contribution in [0.4, 0.5) is 13.2 Å². The SMILES string of the molecule is Cc1nn(C)c(-n2ccc3cc(C(F)(F)F)cnc32)c1/C=C/C(=O)O. The van der Waals surface area contributed by atoms with E-state index in [1.807, 2.05) is 0 Å². The minimum absolute atomic E-state index is 0.320. The number of halogens is 3.